The zero-order chi connectivity index (χ0) is 20.6. The number of imidazole rings is 1. The first-order chi connectivity index (χ1) is 13.9. The fourth-order valence-corrected chi connectivity index (χ4v) is 5.11. The van der Waals surface area contributed by atoms with E-state index in [1.165, 1.54) is 13.4 Å². The Balaban J connectivity index is 1.47. The largest absolute Gasteiger partial charge is 0.338 e. The molecular weight excluding hydrogens is 392 g/mol. The first kappa shape index (κ1) is 19.4. The van der Waals surface area contributed by atoms with Crippen LogP contribution in [0.1, 0.15) is 0 Å². The minimum atomic E-state index is -3.57. The van der Waals surface area contributed by atoms with Crippen LogP contribution in [0.2, 0.25) is 0 Å². The lowest BCUT2D eigenvalue weighted by molar-refractivity contribution is -0.133. The zero-order valence-corrected chi connectivity index (χ0v) is 16.9. The highest BCUT2D eigenvalue weighted by Gasteiger charge is 2.30. The predicted molar refractivity (Wildman–Crippen MR) is 109 cm³/mol. The Morgan fingerprint density at radius 2 is 1.48 bits per heavy atom. The molecule has 0 atom stereocenters. The normalized spacial score (nSPS) is 15.7. The molecule has 0 bridgehead atoms. The minimum absolute atomic E-state index is 0.0639. The molecule has 9 heteroatoms. The Hall–Kier alpha value is -2.91. The second-order valence-corrected chi connectivity index (χ2v) is 8.95. The average Bonchev–Trinajstić information content (AvgIpc) is 2.99. The van der Waals surface area contributed by atoms with Crippen molar-refractivity contribution in [3.8, 4) is 0 Å². The van der Waals surface area contributed by atoms with Crippen molar-refractivity contribution >= 4 is 27.0 Å². The first-order valence-corrected chi connectivity index (χ1v) is 10.8. The van der Waals surface area contributed by atoms with Crippen molar-refractivity contribution < 1.29 is 13.2 Å². The Morgan fingerprint density at radius 1 is 0.897 bits per heavy atom. The summed E-state index contributed by atoms with van der Waals surface area (Å²) < 4.78 is 29.8. The number of carbonyl (C=O) groups excluding carboxylic acids is 1. The summed E-state index contributed by atoms with van der Waals surface area (Å²) in [4.78, 5) is 27.2. The number of aryl methyl sites for hydroxylation is 1. The number of sulfonamides is 1. The summed E-state index contributed by atoms with van der Waals surface area (Å²) >= 11 is 0. The lowest BCUT2D eigenvalue weighted by Crippen LogP contribution is -2.51. The van der Waals surface area contributed by atoms with Crippen molar-refractivity contribution in [3.63, 3.8) is 0 Å². The molecule has 152 valence electrons. The van der Waals surface area contributed by atoms with Gasteiger partial charge in [-0.1, -0.05) is 30.3 Å². The maximum absolute atomic E-state index is 12.8. The van der Waals surface area contributed by atoms with Gasteiger partial charge in [-0.15, -0.1) is 0 Å². The van der Waals surface area contributed by atoms with Crippen molar-refractivity contribution in [3.05, 3.63) is 65.1 Å². The van der Waals surface area contributed by atoms with Crippen LogP contribution < -0.4 is 5.69 Å². The topological polar surface area (TPSA) is 84.6 Å². The van der Waals surface area contributed by atoms with Gasteiger partial charge in [-0.2, -0.15) is 4.31 Å². The van der Waals surface area contributed by atoms with Crippen LogP contribution in [-0.4, -0.2) is 58.8 Å². The van der Waals surface area contributed by atoms with E-state index in [1.54, 1.807) is 42.3 Å². The molecule has 2 aromatic carbocycles. The van der Waals surface area contributed by atoms with Crippen molar-refractivity contribution in [2.24, 2.45) is 7.05 Å². The van der Waals surface area contributed by atoms with Gasteiger partial charge in [-0.05, 0) is 24.3 Å². The molecule has 0 spiro atoms. The number of nitrogens with zero attached hydrogens (tertiary/aromatic N) is 4. The van der Waals surface area contributed by atoms with E-state index in [1.807, 2.05) is 24.3 Å². The van der Waals surface area contributed by atoms with Crippen LogP contribution in [-0.2, 0) is 28.4 Å². The smallest absolute Gasteiger partial charge is 0.329 e. The molecular formula is C20H22N4O4S. The van der Waals surface area contributed by atoms with Crippen molar-refractivity contribution in [2.45, 2.75) is 11.4 Å². The van der Waals surface area contributed by atoms with Gasteiger partial charge in [-0.25, -0.2) is 13.2 Å². The van der Waals surface area contributed by atoms with Gasteiger partial charge in [0.2, 0.25) is 15.9 Å². The third kappa shape index (κ3) is 3.47. The number of aromatic nitrogens is 2. The van der Waals surface area contributed by atoms with E-state index in [0.717, 1.165) is 5.52 Å². The van der Waals surface area contributed by atoms with E-state index in [0.29, 0.717) is 18.6 Å². The van der Waals surface area contributed by atoms with Gasteiger partial charge in [0.15, 0.2) is 0 Å². The second-order valence-electron chi connectivity index (χ2n) is 7.01. The van der Waals surface area contributed by atoms with Crippen molar-refractivity contribution in [1.82, 2.24) is 18.3 Å². The predicted octanol–water partition coefficient (Wildman–Crippen LogP) is 0.873. The molecule has 1 amide bonds. The summed E-state index contributed by atoms with van der Waals surface area (Å²) in [5, 5.41) is 0. The molecule has 1 aromatic heterocycles. The molecule has 3 aromatic rings. The summed E-state index contributed by atoms with van der Waals surface area (Å²) in [5.41, 5.74) is 1.23. The Morgan fingerprint density at radius 3 is 2.14 bits per heavy atom. The third-order valence-corrected chi connectivity index (χ3v) is 7.23. The van der Waals surface area contributed by atoms with Crippen molar-refractivity contribution in [1.29, 1.82) is 0 Å². The lowest BCUT2D eigenvalue weighted by Gasteiger charge is -2.34. The van der Waals surface area contributed by atoms with E-state index in [9.17, 15) is 18.0 Å². The molecule has 1 aliphatic heterocycles. The summed E-state index contributed by atoms with van der Waals surface area (Å²) in [6, 6.07) is 15.6. The average molecular weight is 414 g/mol. The molecule has 29 heavy (non-hydrogen) atoms. The second kappa shape index (κ2) is 7.49. The fraction of sp³-hybridized carbons (Fsp3) is 0.300. The van der Waals surface area contributed by atoms with Gasteiger partial charge in [0, 0.05) is 33.2 Å². The Kier molecular flexibility index (Phi) is 5.01. The highest BCUT2D eigenvalue weighted by atomic mass is 32.2. The van der Waals surface area contributed by atoms with Gasteiger partial charge < -0.3 is 4.90 Å². The van der Waals surface area contributed by atoms with Crippen LogP contribution in [0, 0.1) is 0 Å². The summed E-state index contributed by atoms with van der Waals surface area (Å²) in [6.45, 7) is 0.987. The molecule has 0 radical (unpaired) electrons. The molecule has 8 nitrogen and oxygen atoms in total. The van der Waals surface area contributed by atoms with Crippen molar-refractivity contribution in [2.75, 3.05) is 26.2 Å². The van der Waals surface area contributed by atoms with Gasteiger partial charge in [0.1, 0.15) is 6.54 Å². The van der Waals surface area contributed by atoms with E-state index >= 15 is 0 Å². The third-order valence-electron chi connectivity index (χ3n) is 5.32. The first-order valence-electron chi connectivity index (χ1n) is 9.37. The van der Waals surface area contributed by atoms with Crippen LogP contribution in [0.25, 0.3) is 11.0 Å². The zero-order valence-electron chi connectivity index (χ0n) is 16.1. The number of amides is 1. The standard InChI is InChI=1S/C20H22N4O4S/c1-21-17-9-5-6-10-18(17)24(20(21)26)15-19(25)22-11-13-23(14-12-22)29(27,28)16-7-3-2-4-8-16/h2-10H,11-15H2,1H3. The van der Waals surface area contributed by atoms with E-state index < -0.39 is 10.0 Å². The summed E-state index contributed by atoms with van der Waals surface area (Å²) in [7, 11) is -1.89. The number of carbonyl (C=O) groups is 1. The molecule has 1 aliphatic rings. The van der Waals surface area contributed by atoms with Crippen LogP contribution >= 0.6 is 0 Å². The monoisotopic (exact) mass is 414 g/mol. The quantitative estimate of drug-likeness (QED) is 0.634. The van der Waals surface area contributed by atoms with E-state index in [-0.39, 0.29) is 36.1 Å². The number of hydrogen-bond donors (Lipinski definition) is 0. The lowest BCUT2D eigenvalue weighted by atomic mass is 10.3. The van der Waals surface area contributed by atoms with Crippen LogP contribution in [0.3, 0.4) is 0 Å². The number of fused-ring (bicyclic) bond motifs is 1. The minimum Gasteiger partial charge on any atom is -0.338 e. The van der Waals surface area contributed by atoms with Gasteiger partial charge >= 0.3 is 5.69 Å². The number of para-hydroxylation sites is 2. The van der Waals surface area contributed by atoms with Gasteiger partial charge in [0.05, 0.1) is 15.9 Å². The van der Waals surface area contributed by atoms with Crippen LogP contribution in [0.15, 0.2) is 64.3 Å². The van der Waals surface area contributed by atoms with E-state index in [2.05, 4.69) is 0 Å². The Labute approximate surface area is 168 Å². The number of rotatable bonds is 4. The molecule has 1 fully saturated rings. The number of benzene rings is 2. The highest BCUT2D eigenvalue weighted by Crippen LogP contribution is 2.18. The molecule has 0 N–H and O–H groups in total. The molecule has 0 unspecified atom stereocenters. The van der Waals surface area contributed by atoms with Gasteiger partial charge in [0.25, 0.3) is 0 Å². The Bertz CT molecular complexity index is 1210. The SMILES string of the molecule is Cn1c(=O)n(CC(=O)N2CCN(S(=O)(=O)c3ccccc3)CC2)c2ccccc21. The maximum atomic E-state index is 12.8. The molecule has 4 rings (SSSR count). The number of piperazine rings is 1. The molecule has 0 saturated carbocycles. The van der Waals surface area contributed by atoms with Gasteiger partial charge in [-0.3, -0.25) is 13.9 Å². The maximum Gasteiger partial charge on any atom is 0.329 e. The fourth-order valence-electron chi connectivity index (χ4n) is 3.67. The highest BCUT2D eigenvalue weighted by molar-refractivity contribution is 7.89. The molecule has 1 saturated heterocycles. The van der Waals surface area contributed by atoms with E-state index in [4.69, 9.17) is 0 Å². The summed E-state index contributed by atoms with van der Waals surface area (Å²) in [6.07, 6.45) is 0. The summed E-state index contributed by atoms with van der Waals surface area (Å²) in [5.74, 6) is -0.194. The van der Waals surface area contributed by atoms with Crippen LogP contribution in [0.4, 0.5) is 0 Å². The number of hydrogen-bond acceptors (Lipinski definition) is 4. The molecule has 2 heterocycles. The van der Waals surface area contributed by atoms with Crippen LogP contribution in [0.5, 0.6) is 0 Å². The molecule has 0 aliphatic carbocycles.